The van der Waals surface area contributed by atoms with Crippen LogP contribution in [0.5, 0.6) is 0 Å². The topological polar surface area (TPSA) is 62.3 Å². The quantitative estimate of drug-likeness (QED) is 0.752. The van der Waals surface area contributed by atoms with Gasteiger partial charge in [0.15, 0.2) is 5.13 Å². The standard InChI is InChI=1S/C18H17N3O2S2/c22-25(23,20-18-19-11-13-24-18)16-9-7-15(8-10-16)21-12-3-5-14-4-1-2-6-17(14)21/h1-2,4,6-11,13H,3,5,12H2,(H,19,20). The second-order valence-electron chi connectivity index (χ2n) is 5.82. The monoisotopic (exact) mass is 371 g/mol. The van der Waals surface area contributed by atoms with E-state index in [0.29, 0.717) is 5.13 Å². The van der Waals surface area contributed by atoms with E-state index in [0.717, 1.165) is 25.1 Å². The van der Waals surface area contributed by atoms with Crippen LogP contribution in [0.4, 0.5) is 16.5 Å². The Labute approximate surface area is 151 Å². The molecule has 5 nitrogen and oxygen atoms in total. The summed E-state index contributed by atoms with van der Waals surface area (Å²) in [4.78, 5) is 6.44. The van der Waals surface area contributed by atoms with Crippen LogP contribution >= 0.6 is 11.3 Å². The first-order valence-corrected chi connectivity index (χ1v) is 10.4. The zero-order valence-corrected chi connectivity index (χ0v) is 15.1. The number of aromatic nitrogens is 1. The summed E-state index contributed by atoms with van der Waals surface area (Å²) in [5.74, 6) is 0. The summed E-state index contributed by atoms with van der Waals surface area (Å²) in [6, 6.07) is 15.4. The molecule has 25 heavy (non-hydrogen) atoms. The van der Waals surface area contributed by atoms with Gasteiger partial charge in [-0.15, -0.1) is 11.3 Å². The maximum absolute atomic E-state index is 12.4. The fraction of sp³-hybridized carbons (Fsp3) is 0.167. The molecule has 4 rings (SSSR count). The van der Waals surface area contributed by atoms with Crippen LogP contribution in [0.1, 0.15) is 12.0 Å². The highest BCUT2D eigenvalue weighted by Crippen LogP contribution is 2.33. The molecule has 7 heteroatoms. The van der Waals surface area contributed by atoms with Crippen molar-refractivity contribution in [2.45, 2.75) is 17.7 Å². The van der Waals surface area contributed by atoms with E-state index in [1.807, 2.05) is 18.2 Å². The molecule has 0 spiro atoms. The third-order valence-corrected chi connectivity index (χ3v) is 6.40. The molecule has 2 heterocycles. The lowest BCUT2D eigenvalue weighted by atomic mass is 10.0. The average molecular weight is 371 g/mol. The van der Waals surface area contributed by atoms with Gasteiger partial charge >= 0.3 is 0 Å². The van der Waals surface area contributed by atoms with Gasteiger partial charge in [0.1, 0.15) is 0 Å². The Hall–Kier alpha value is -2.38. The zero-order valence-electron chi connectivity index (χ0n) is 13.4. The van der Waals surface area contributed by atoms with E-state index in [9.17, 15) is 8.42 Å². The van der Waals surface area contributed by atoms with Crippen LogP contribution in [0.25, 0.3) is 0 Å². The van der Waals surface area contributed by atoms with E-state index in [1.54, 1.807) is 23.7 Å². The van der Waals surface area contributed by atoms with Crippen molar-refractivity contribution in [3.8, 4) is 0 Å². The van der Waals surface area contributed by atoms with Crippen molar-refractivity contribution in [1.82, 2.24) is 4.98 Å². The van der Waals surface area contributed by atoms with E-state index in [4.69, 9.17) is 0 Å². The van der Waals surface area contributed by atoms with Gasteiger partial charge in [-0.1, -0.05) is 18.2 Å². The number of fused-ring (bicyclic) bond motifs is 1. The number of nitrogens with zero attached hydrogens (tertiary/aromatic N) is 2. The number of thiazole rings is 1. The van der Waals surface area contributed by atoms with Crippen LogP contribution in [-0.4, -0.2) is 19.9 Å². The van der Waals surface area contributed by atoms with Crippen molar-refractivity contribution in [3.63, 3.8) is 0 Å². The lowest BCUT2D eigenvalue weighted by Gasteiger charge is -2.31. The summed E-state index contributed by atoms with van der Waals surface area (Å²) in [5, 5.41) is 2.10. The van der Waals surface area contributed by atoms with Crippen molar-refractivity contribution in [1.29, 1.82) is 0 Å². The minimum absolute atomic E-state index is 0.233. The molecule has 3 aromatic rings. The highest BCUT2D eigenvalue weighted by Gasteiger charge is 2.19. The molecule has 0 fully saturated rings. The molecule has 2 aromatic carbocycles. The maximum Gasteiger partial charge on any atom is 0.263 e. The molecular formula is C18H17N3O2S2. The predicted octanol–water partition coefficient (Wildman–Crippen LogP) is 4.03. The lowest BCUT2D eigenvalue weighted by Crippen LogP contribution is -2.24. The number of para-hydroxylation sites is 1. The van der Waals surface area contributed by atoms with Gasteiger partial charge in [0.05, 0.1) is 4.90 Å². The average Bonchev–Trinajstić information content (AvgIpc) is 3.14. The van der Waals surface area contributed by atoms with Gasteiger partial charge in [-0.05, 0) is 48.7 Å². The molecule has 0 bridgehead atoms. The van der Waals surface area contributed by atoms with Crippen molar-refractivity contribution in [2.75, 3.05) is 16.2 Å². The van der Waals surface area contributed by atoms with E-state index >= 15 is 0 Å². The normalized spacial score (nSPS) is 14.2. The smallest absolute Gasteiger partial charge is 0.263 e. The molecule has 1 aliphatic rings. The van der Waals surface area contributed by atoms with E-state index in [2.05, 4.69) is 32.8 Å². The minimum Gasteiger partial charge on any atom is -0.341 e. The first kappa shape index (κ1) is 16.1. The molecule has 0 saturated carbocycles. The molecule has 0 saturated heterocycles. The Morgan fingerprint density at radius 3 is 2.64 bits per heavy atom. The van der Waals surface area contributed by atoms with Crippen LogP contribution in [0.3, 0.4) is 0 Å². The van der Waals surface area contributed by atoms with Gasteiger partial charge < -0.3 is 4.90 Å². The second kappa shape index (κ2) is 6.50. The summed E-state index contributed by atoms with van der Waals surface area (Å²) in [6.07, 6.45) is 3.74. The minimum atomic E-state index is -3.61. The molecule has 0 unspecified atom stereocenters. The largest absolute Gasteiger partial charge is 0.341 e. The molecule has 0 radical (unpaired) electrons. The van der Waals surface area contributed by atoms with Crippen LogP contribution in [0.15, 0.2) is 65.0 Å². The van der Waals surface area contributed by atoms with Crippen molar-refractivity contribution in [3.05, 3.63) is 65.7 Å². The molecule has 1 N–H and O–H groups in total. The first-order chi connectivity index (χ1) is 12.1. The summed E-state index contributed by atoms with van der Waals surface area (Å²) in [6.45, 7) is 0.931. The number of rotatable bonds is 4. The Morgan fingerprint density at radius 1 is 1.08 bits per heavy atom. The SMILES string of the molecule is O=S(=O)(Nc1nccs1)c1ccc(N2CCCc3ccccc32)cc1. The van der Waals surface area contributed by atoms with Gasteiger partial charge in [-0.2, -0.15) is 0 Å². The van der Waals surface area contributed by atoms with Crippen LogP contribution in [-0.2, 0) is 16.4 Å². The van der Waals surface area contributed by atoms with Gasteiger partial charge in [-0.3, -0.25) is 4.72 Å². The van der Waals surface area contributed by atoms with Crippen molar-refractivity contribution < 1.29 is 8.42 Å². The zero-order chi connectivity index (χ0) is 17.3. The third kappa shape index (κ3) is 3.25. The number of benzene rings is 2. The molecule has 0 amide bonds. The van der Waals surface area contributed by atoms with Gasteiger partial charge in [0, 0.05) is 29.5 Å². The number of anilines is 3. The Balaban J connectivity index is 1.61. The number of hydrogen-bond acceptors (Lipinski definition) is 5. The Morgan fingerprint density at radius 2 is 1.88 bits per heavy atom. The fourth-order valence-corrected chi connectivity index (χ4v) is 4.84. The van der Waals surface area contributed by atoms with E-state index in [-0.39, 0.29) is 4.90 Å². The Bertz CT molecular complexity index is 968. The van der Waals surface area contributed by atoms with Crippen LogP contribution in [0.2, 0.25) is 0 Å². The van der Waals surface area contributed by atoms with E-state index < -0.39 is 10.0 Å². The number of nitrogens with one attached hydrogen (secondary N) is 1. The van der Waals surface area contributed by atoms with E-state index in [1.165, 1.54) is 22.6 Å². The van der Waals surface area contributed by atoms with Gasteiger partial charge in [0.25, 0.3) is 10.0 Å². The second-order valence-corrected chi connectivity index (χ2v) is 8.40. The first-order valence-electron chi connectivity index (χ1n) is 8.01. The summed E-state index contributed by atoms with van der Waals surface area (Å²) < 4.78 is 27.4. The Kier molecular flexibility index (Phi) is 4.19. The predicted molar refractivity (Wildman–Crippen MR) is 101 cm³/mol. The molecule has 0 atom stereocenters. The molecule has 0 aliphatic carbocycles. The van der Waals surface area contributed by atoms with Crippen LogP contribution in [0, 0.1) is 0 Å². The van der Waals surface area contributed by atoms with Crippen molar-refractivity contribution >= 4 is 37.9 Å². The van der Waals surface area contributed by atoms with Crippen LogP contribution < -0.4 is 9.62 Å². The summed E-state index contributed by atoms with van der Waals surface area (Å²) in [7, 11) is -3.61. The highest BCUT2D eigenvalue weighted by atomic mass is 32.2. The molecule has 1 aromatic heterocycles. The van der Waals surface area contributed by atoms with Gasteiger partial charge in [0.2, 0.25) is 0 Å². The summed E-state index contributed by atoms with van der Waals surface area (Å²) >= 11 is 1.25. The molecule has 1 aliphatic heterocycles. The molecular weight excluding hydrogens is 354 g/mol. The lowest BCUT2D eigenvalue weighted by molar-refractivity contribution is 0.601. The van der Waals surface area contributed by atoms with Gasteiger partial charge in [-0.25, -0.2) is 13.4 Å². The number of aryl methyl sites for hydroxylation is 1. The number of hydrogen-bond donors (Lipinski definition) is 1. The fourth-order valence-electron chi connectivity index (χ4n) is 3.05. The highest BCUT2D eigenvalue weighted by molar-refractivity contribution is 7.93. The maximum atomic E-state index is 12.4. The third-order valence-electron chi connectivity index (χ3n) is 4.22. The summed E-state index contributed by atoms with van der Waals surface area (Å²) in [5.41, 5.74) is 3.53. The molecule has 128 valence electrons. The number of sulfonamides is 1. The van der Waals surface area contributed by atoms with Crippen molar-refractivity contribution in [2.24, 2.45) is 0 Å².